The Morgan fingerprint density at radius 2 is 2.35 bits per heavy atom. The van der Waals surface area contributed by atoms with Gasteiger partial charge in [-0.1, -0.05) is 35.3 Å². The Hall–Kier alpha value is -2.58. The number of nitrogens with one attached hydrogen (secondary N) is 1. The molecule has 5 heteroatoms. The van der Waals surface area contributed by atoms with Crippen molar-refractivity contribution in [3.8, 4) is 12.3 Å². The monoisotopic (exact) mass is 309 g/mol. The molecule has 0 fully saturated rings. The molecule has 0 saturated heterocycles. The van der Waals surface area contributed by atoms with Crippen LogP contribution in [0.2, 0.25) is 0 Å². The maximum Gasteiger partial charge on any atom is 0.239 e. The molecule has 1 atom stereocenters. The lowest BCUT2D eigenvalue weighted by molar-refractivity contribution is -0.117. The lowest BCUT2D eigenvalue weighted by Crippen LogP contribution is -2.36. The van der Waals surface area contributed by atoms with Crippen LogP contribution in [0.5, 0.6) is 0 Å². The number of hydrogen-bond donors (Lipinski definition) is 1. The van der Waals surface area contributed by atoms with Gasteiger partial charge in [-0.25, -0.2) is 0 Å². The fraction of sp³-hybridized carbons (Fsp3) is 0.333. The van der Waals surface area contributed by atoms with Gasteiger partial charge in [-0.15, -0.1) is 6.42 Å². The molecule has 5 nitrogen and oxygen atoms in total. The van der Waals surface area contributed by atoms with Crippen LogP contribution in [0.3, 0.4) is 0 Å². The van der Waals surface area contributed by atoms with Crippen molar-refractivity contribution in [2.45, 2.75) is 25.8 Å². The third-order valence-electron chi connectivity index (χ3n) is 4.08. The number of benzene rings is 1. The van der Waals surface area contributed by atoms with Crippen LogP contribution in [0.1, 0.15) is 29.3 Å². The molecular formula is C18H19N3O2. The zero-order valence-corrected chi connectivity index (χ0v) is 13.1. The number of aryl methyl sites for hydroxylation is 2. The Balaban J connectivity index is 1.70. The van der Waals surface area contributed by atoms with E-state index in [0.29, 0.717) is 18.1 Å². The van der Waals surface area contributed by atoms with Gasteiger partial charge in [0, 0.05) is 12.1 Å². The number of carbonyl (C=O) groups excluding carboxylic acids is 1. The second-order valence-electron chi connectivity index (χ2n) is 5.73. The number of rotatable bonds is 5. The van der Waals surface area contributed by atoms with Gasteiger partial charge in [0.2, 0.25) is 5.91 Å². The highest BCUT2D eigenvalue weighted by Crippen LogP contribution is 2.35. The minimum atomic E-state index is -0.141. The second-order valence-corrected chi connectivity index (χ2v) is 5.73. The summed E-state index contributed by atoms with van der Waals surface area (Å²) in [4.78, 5) is 14.3. The number of carbonyl (C=O) groups is 1. The molecule has 1 aromatic heterocycles. The SMILES string of the molecule is C#CCN(CC(=O)Nc1cc(C)on1)[C@H]1CCc2ccccc21. The molecule has 3 rings (SSSR count). The molecule has 0 bridgehead atoms. The topological polar surface area (TPSA) is 58.4 Å². The summed E-state index contributed by atoms with van der Waals surface area (Å²) in [5.74, 6) is 3.61. The predicted octanol–water partition coefficient (Wildman–Crippen LogP) is 2.54. The van der Waals surface area contributed by atoms with Crippen molar-refractivity contribution in [1.29, 1.82) is 0 Å². The minimum absolute atomic E-state index is 0.141. The first-order chi connectivity index (χ1) is 11.2. The highest BCUT2D eigenvalue weighted by atomic mass is 16.5. The molecule has 1 N–H and O–H groups in total. The Morgan fingerprint density at radius 1 is 1.52 bits per heavy atom. The van der Waals surface area contributed by atoms with Gasteiger partial charge < -0.3 is 9.84 Å². The summed E-state index contributed by atoms with van der Waals surface area (Å²) >= 11 is 0. The van der Waals surface area contributed by atoms with Gasteiger partial charge in [0.25, 0.3) is 0 Å². The fourth-order valence-electron chi connectivity index (χ4n) is 3.10. The summed E-state index contributed by atoms with van der Waals surface area (Å²) < 4.78 is 4.95. The van der Waals surface area contributed by atoms with Crippen molar-refractivity contribution in [3.63, 3.8) is 0 Å². The summed E-state index contributed by atoms with van der Waals surface area (Å²) in [5.41, 5.74) is 2.61. The summed E-state index contributed by atoms with van der Waals surface area (Å²) in [6, 6.07) is 10.2. The molecular weight excluding hydrogens is 290 g/mol. The molecule has 118 valence electrons. The second kappa shape index (κ2) is 6.67. The van der Waals surface area contributed by atoms with E-state index in [1.54, 1.807) is 13.0 Å². The Labute approximate surface area is 135 Å². The Bertz CT molecular complexity index is 745. The van der Waals surface area contributed by atoms with Crippen LogP contribution < -0.4 is 5.32 Å². The third kappa shape index (κ3) is 3.43. The van der Waals surface area contributed by atoms with Gasteiger partial charge in [0.15, 0.2) is 5.82 Å². The molecule has 1 aliphatic rings. The normalized spacial score (nSPS) is 16.1. The number of fused-ring (bicyclic) bond motifs is 1. The standard InChI is InChI=1S/C18H19N3O2/c1-3-10-21(12-18(22)19-17-11-13(2)23-20-17)16-9-8-14-6-4-5-7-15(14)16/h1,4-7,11,16H,8-10,12H2,2H3,(H,19,20,22)/t16-/m0/s1. The molecule has 1 amide bonds. The quantitative estimate of drug-likeness (QED) is 0.862. The van der Waals surface area contributed by atoms with Crippen LogP contribution in [0.25, 0.3) is 0 Å². The van der Waals surface area contributed by atoms with Crippen LogP contribution in [0.15, 0.2) is 34.9 Å². The summed E-state index contributed by atoms with van der Waals surface area (Å²) in [6.45, 7) is 2.45. The van der Waals surface area contributed by atoms with E-state index >= 15 is 0 Å². The van der Waals surface area contributed by atoms with Crippen molar-refractivity contribution in [1.82, 2.24) is 10.1 Å². The number of amides is 1. The van der Waals surface area contributed by atoms with Gasteiger partial charge in [-0.05, 0) is 30.9 Å². The Morgan fingerprint density at radius 3 is 3.09 bits per heavy atom. The van der Waals surface area contributed by atoms with Crippen molar-refractivity contribution >= 4 is 11.7 Å². The lowest BCUT2D eigenvalue weighted by Gasteiger charge is -2.27. The number of aromatic nitrogens is 1. The molecule has 0 spiro atoms. The maximum atomic E-state index is 12.3. The van der Waals surface area contributed by atoms with Crippen molar-refractivity contribution in [3.05, 3.63) is 47.2 Å². The van der Waals surface area contributed by atoms with E-state index < -0.39 is 0 Å². The number of terminal acetylenes is 1. The van der Waals surface area contributed by atoms with Crippen LogP contribution in [-0.2, 0) is 11.2 Å². The number of hydrogen-bond acceptors (Lipinski definition) is 4. The van der Waals surface area contributed by atoms with Crippen molar-refractivity contribution < 1.29 is 9.32 Å². The van der Waals surface area contributed by atoms with Crippen LogP contribution >= 0.6 is 0 Å². The first kappa shape index (κ1) is 15.3. The smallest absolute Gasteiger partial charge is 0.239 e. The largest absolute Gasteiger partial charge is 0.360 e. The van der Waals surface area contributed by atoms with E-state index in [1.165, 1.54) is 11.1 Å². The van der Waals surface area contributed by atoms with Gasteiger partial charge >= 0.3 is 0 Å². The van der Waals surface area contributed by atoms with Crippen LogP contribution in [0.4, 0.5) is 5.82 Å². The van der Waals surface area contributed by atoms with E-state index in [9.17, 15) is 4.79 Å². The molecule has 0 unspecified atom stereocenters. The van der Waals surface area contributed by atoms with Gasteiger partial charge in [-0.3, -0.25) is 9.69 Å². The van der Waals surface area contributed by atoms with Gasteiger partial charge in [0.05, 0.1) is 13.1 Å². The fourth-order valence-corrected chi connectivity index (χ4v) is 3.10. The third-order valence-corrected chi connectivity index (χ3v) is 4.08. The van der Waals surface area contributed by atoms with Crippen molar-refractivity contribution in [2.24, 2.45) is 0 Å². The summed E-state index contributed by atoms with van der Waals surface area (Å²) in [5, 5.41) is 6.52. The van der Waals surface area contributed by atoms with E-state index in [4.69, 9.17) is 10.9 Å². The number of anilines is 1. The number of nitrogens with zero attached hydrogens (tertiary/aromatic N) is 2. The van der Waals surface area contributed by atoms with E-state index in [0.717, 1.165) is 12.8 Å². The van der Waals surface area contributed by atoms with Crippen molar-refractivity contribution in [2.75, 3.05) is 18.4 Å². The minimum Gasteiger partial charge on any atom is -0.360 e. The maximum absolute atomic E-state index is 12.3. The zero-order chi connectivity index (χ0) is 16.2. The summed E-state index contributed by atoms with van der Waals surface area (Å²) in [6.07, 6.45) is 7.50. The van der Waals surface area contributed by atoms with E-state index in [-0.39, 0.29) is 18.5 Å². The van der Waals surface area contributed by atoms with Gasteiger partial charge in [0.1, 0.15) is 5.76 Å². The zero-order valence-electron chi connectivity index (χ0n) is 13.1. The Kier molecular flexibility index (Phi) is 4.45. The average molecular weight is 309 g/mol. The molecule has 23 heavy (non-hydrogen) atoms. The van der Waals surface area contributed by atoms with Crippen LogP contribution in [0, 0.1) is 19.3 Å². The molecule has 1 heterocycles. The average Bonchev–Trinajstić information content (AvgIpc) is 3.13. The predicted molar refractivity (Wildman–Crippen MR) is 87.8 cm³/mol. The molecule has 0 saturated carbocycles. The molecule has 1 aromatic carbocycles. The van der Waals surface area contributed by atoms with E-state index in [1.807, 2.05) is 17.0 Å². The first-order valence-electron chi connectivity index (χ1n) is 7.66. The first-order valence-corrected chi connectivity index (χ1v) is 7.66. The highest BCUT2D eigenvalue weighted by molar-refractivity contribution is 5.91. The molecule has 0 radical (unpaired) electrons. The molecule has 2 aromatic rings. The molecule has 0 aliphatic heterocycles. The van der Waals surface area contributed by atoms with Gasteiger partial charge in [-0.2, -0.15) is 0 Å². The molecule has 1 aliphatic carbocycles. The lowest BCUT2D eigenvalue weighted by atomic mass is 10.1. The summed E-state index contributed by atoms with van der Waals surface area (Å²) in [7, 11) is 0. The highest BCUT2D eigenvalue weighted by Gasteiger charge is 2.28. The van der Waals surface area contributed by atoms with E-state index in [2.05, 4.69) is 28.5 Å². The van der Waals surface area contributed by atoms with Crippen LogP contribution in [-0.4, -0.2) is 29.1 Å².